The molecule has 0 saturated heterocycles. The molecule has 0 aliphatic heterocycles. The van der Waals surface area contributed by atoms with Gasteiger partial charge in [0.2, 0.25) is 0 Å². The lowest BCUT2D eigenvalue weighted by Crippen LogP contribution is -2.75. The van der Waals surface area contributed by atoms with Crippen LogP contribution < -0.4 is 4.83 Å². The highest BCUT2D eigenvalue weighted by atomic mass is 32.2. The highest BCUT2D eigenvalue weighted by Gasteiger charge is 2.96. The minimum Gasteiger partial charge on any atom is -0.476 e. The van der Waals surface area contributed by atoms with Crippen molar-refractivity contribution in [2.75, 3.05) is 7.05 Å². The summed E-state index contributed by atoms with van der Waals surface area (Å²) in [6.45, 7) is 0. The Morgan fingerprint density at radius 1 is 0.595 bits per heavy atom. The van der Waals surface area contributed by atoms with E-state index >= 15 is 0 Å². The van der Waals surface area contributed by atoms with Crippen molar-refractivity contribution in [3.63, 3.8) is 0 Å². The molecule has 0 rings (SSSR count). The highest BCUT2D eigenvalue weighted by molar-refractivity contribution is 7.90. The van der Waals surface area contributed by atoms with Gasteiger partial charge in [-0.1, -0.05) is 0 Å². The third kappa shape index (κ3) is 4.60. The quantitative estimate of drug-likeness (QED) is 0.203. The van der Waals surface area contributed by atoms with Crippen molar-refractivity contribution in [1.82, 2.24) is 9.84 Å². The third-order valence-electron chi connectivity index (χ3n) is 3.97. The van der Waals surface area contributed by atoms with E-state index in [1.54, 1.807) is 0 Å². The monoisotopic (exact) mass is 622 g/mol. The standard InChI is InChI=1S/C11H5F19N2O4S/c1-32(3(12,13)2(33)34)31-37(35,36)11(29,30)9(24,25)7(20,21)5(16,17)4(14,15)6(18,19)8(22,23)10(26,27)28/h31H,1H3,(H,33,34). The van der Waals surface area contributed by atoms with E-state index in [4.69, 9.17) is 5.11 Å². The maximum absolute atomic E-state index is 13.7. The van der Waals surface area contributed by atoms with Crippen LogP contribution in [0.15, 0.2) is 0 Å². The number of carboxylic acid groups (broad SMARTS) is 1. The minimum absolute atomic E-state index is 0.577. The number of halogens is 19. The fraction of sp³-hybridized carbons (Fsp3) is 0.909. The third-order valence-corrected chi connectivity index (χ3v) is 5.41. The molecule has 2 N–H and O–H groups in total. The zero-order chi connectivity index (χ0) is 30.9. The van der Waals surface area contributed by atoms with Crippen molar-refractivity contribution in [2.24, 2.45) is 0 Å². The molecule has 0 aromatic carbocycles. The Kier molecular flexibility index (Phi) is 8.30. The van der Waals surface area contributed by atoms with E-state index in [1.807, 2.05) is 0 Å². The number of carboxylic acids is 1. The van der Waals surface area contributed by atoms with Gasteiger partial charge in [-0.15, -0.1) is 4.83 Å². The first-order valence-corrected chi connectivity index (χ1v) is 9.14. The van der Waals surface area contributed by atoms with E-state index in [9.17, 15) is 96.6 Å². The predicted molar refractivity (Wildman–Crippen MR) is 73.1 cm³/mol. The number of nitrogens with one attached hydrogen (secondary N) is 1. The zero-order valence-electron chi connectivity index (χ0n) is 16.2. The fourth-order valence-electron chi connectivity index (χ4n) is 1.76. The lowest BCUT2D eigenvalue weighted by Gasteiger charge is -2.42. The largest absolute Gasteiger partial charge is 0.476 e. The topological polar surface area (TPSA) is 86.7 Å². The molecule has 0 fully saturated rings. The second-order valence-electron chi connectivity index (χ2n) is 6.46. The Bertz CT molecular complexity index is 988. The summed E-state index contributed by atoms with van der Waals surface area (Å²) in [6.07, 6.45) is -8.00. The number of carbonyl (C=O) groups is 1. The van der Waals surface area contributed by atoms with E-state index in [0.29, 0.717) is 0 Å². The van der Waals surface area contributed by atoms with Crippen molar-refractivity contribution in [1.29, 1.82) is 0 Å². The number of hydrogen-bond acceptors (Lipinski definition) is 4. The van der Waals surface area contributed by atoms with Gasteiger partial charge in [0.1, 0.15) is 0 Å². The van der Waals surface area contributed by atoms with Gasteiger partial charge in [-0.3, -0.25) is 0 Å². The van der Waals surface area contributed by atoms with E-state index in [0.717, 1.165) is 0 Å². The lowest BCUT2D eigenvalue weighted by atomic mass is 9.91. The number of alkyl halides is 19. The Balaban J connectivity index is 6.93. The van der Waals surface area contributed by atoms with Crippen molar-refractivity contribution in [2.45, 2.75) is 53.0 Å². The van der Waals surface area contributed by atoms with Crippen molar-refractivity contribution >= 4 is 16.0 Å². The van der Waals surface area contributed by atoms with E-state index in [2.05, 4.69) is 0 Å². The molecule has 6 nitrogen and oxygen atoms in total. The number of hydrazine groups is 1. The van der Waals surface area contributed by atoms with E-state index in [-0.39, 0.29) is 0 Å². The van der Waals surface area contributed by atoms with Crippen LogP contribution in [0, 0.1) is 0 Å². The first-order valence-electron chi connectivity index (χ1n) is 7.65. The fourth-order valence-corrected chi connectivity index (χ4v) is 2.81. The van der Waals surface area contributed by atoms with Gasteiger partial charge >= 0.3 is 59.0 Å². The Labute approximate surface area is 189 Å². The zero-order valence-corrected chi connectivity index (χ0v) is 17.0. The molecule has 37 heavy (non-hydrogen) atoms. The second kappa shape index (κ2) is 8.77. The number of nitrogens with zero attached hydrogens (tertiary/aromatic N) is 1. The Morgan fingerprint density at radius 2 is 0.865 bits per heavy atom. The Hall–Kier alpha value is -1.99. The number of hydrogen-bond donors (Lipinski definition) is 2. The van der Waals surface area contributed by atoms with Gasteiger partial charge in [-0.25, -0.2) is 13.2 Å². The molecule has 0 atom stereocenters. The summed E-state index contributed by atoms with van der Waals surface area (Å²) in [5, 5.41) is -2.00. The molecule has 0 unspecified atom stereocenters. The van der Waals surface area contributed by atoms with Crippen LogP contribution in [0.3, 0.4) is 0 Å². The normalized spacial score (nSPS) is 16.4. The predicted octanol–water partition coefficient (Wildman–Crippen LogP) is 4.40. The summed E-state index contributed by atoms with van der Waals surface area (Å²) < 4.78 is 271. The molecule has 222 valence electrons. The van der Waals surface area contributed by atoms with Crippen LogP contribution in [0.5, 0.6) is 0 Å². The summed E-state index contributed by atoms with van der Waals surface area (Å²) >= 11 is 0. The number of sulfonamides is 1. The summed E-state index contributed by atoms with van der Waals surface area (Å²) in [6, 6.07) is -5.73. The molecule has 0 aromatic heterocycles. The average Bonchev–Trinajstić information content (AvgIpc) is 2.65. The number of likely N-dealkylation sites (N-methyl/N-ethyl adjacent to an activating group) is 1. The van der Waals surface area contributed by atoms with Gasteiger partial charge in [0, 0.05) is 7.05 Å². The van der Waals surface area contributed by atoms with Gasteiger partial charge in [0.15, 0.2) is 0 Å². The summed E-state index contributed by atoms with van der Waals surface area (Å²) in [5.41, 5.74) is 0. The van der Waals surface area contributed by atoms with E-state index in [1.165, 1.54) is 0 Å². The molecule has 0 heterocycles. The molecule has 0 amide bonds. The average molecular weight is 622 g/mol. The number of rotatable bonds is 11. The molecule has 0 bridgehead atoms. The van der Waals surface area contributed by atoms with Crippen LogP contribution in [0.2, 0.25) is 0 Å². The summed E-state index contributed by atoms with van der Waals surface area (Å²) in [7, 11) is -8.74. The minimum atomic E-state index is -9.10. The van der Waals surface area contributed by atoms with Crippen molar-refractivity contribution in [3.05, 3.63) is 0 Å². The molecule has 0 radical (unpaired) electrons. The highest BCUT2D eigenvalue weighted by Crippen LogP contribution is 2.64. The van der Waals surface area contributed by atoms with Gasteiger partial charge in [-0.05, 0) is 0 Å². The maximum Gasteiger partial charge on any atom is 0.460 e. The maximum atomic E-state index is 13.7. The molecule has 0 aliphatic rings. The molecular weight excluding hydrogens is 617 g/mol. The summed E-state index contributed by atoms with van der Waals surface area (Å²) in [5.74, 6) is -56.6. The van der Waals surface area contributed by atoms with Crippen LogP contribution in [0.4, 0.5) is 83.4 Å². The smallest absolute Gasteiger partial charge is 0.460 e. The first-order chi connectivity index (χ1) is 15.6. The first kappa shape index (κ1) is 35.0. The SMILES string of the molecule is CN(NS(=O)(=O)C(F)(F)C(F)(F)C(F)(F)C(F)(F)C(F)(F)C(F)(F)C(F)(F)C(F)(F)F)C(F)(F)C(=O)O. The van der Waals surface area contributed by atoms with Gasteiger partial charge in [0.05, 0.1) is 0 Å². The van der Waals surface area contributed by atoms with Gasteiger partial charge < -0.3 is 5.11 Å². The molecule has 0 spiro atoms. The molecular formula is C11H5F19N2O4S. The van der Waals surface area contributed by atoms with Gasteiger partial charge in [-0.2, -0.15) is 88.4 Å². The summed E-state index contributed by atoms with van der Waals surface area (Å²) in [4.78, 5) is 9.59. The van der Waals surface area contributed by atoms with Crippen LogP contribution >= 0.6 is 0 Å². The van der Waals surface area contributed by atoms with Crippen LogP contribution in [0.25, 0.3) is 0 Å². The molecule has 0 saturated carbocycles. The number of aliphatic carboxylic acids is 1. The molecule has 0 aromatic rings. The molecule has 0 aliphatic carbocycles. The Morgan fingerprint density at radius 3 is 1.14 bits per heavy atom. The van der Waals surface area contributed by atoms with Crippen molar-refractivity contribution in [3.8, 4) is 0 Å². The van der Waals surface area contributed by atoms with Crippen LogP contribution in [0.1, 0.15) is 0 Å². The van der Waals surface area contributed by atoms with Crippen LogP contribution in [-0.4, -0.2) is 84.6 Å². The lowest BCUT2D eigenvalue weighted by molar-refractivity contribution is -0.458. The molecule has 26 heteroatoms. The van der Waals surface area contributed by atoms with Crippen molar-refractivity contribution < 1.29 is 102 Å². The second-order valence-corrected chi connectivity index (χ2v) is 8.16. The van der Waals surface area contributed by atoms with E-state index < -0.39 is 85.9 Å². The van der Waals surface area contributed by atoms with Crippen LogP contribution in [-0.2, 0) is 14.8 Å². The van der Waals surface area contributed by atoms with Gasteiger partial charge in [0.25, 0.3) is 10.0 Å².